The van der Waals surface area contributed by atoms with Crippen LogP contribution in [0.1, 0.15) is 17.4 Å². The minimum Gasteiger partial charge on any atom is -0.368 e. The van der Waals surface area contributed by atoms with E-state index >= 15 is 0 Å². The van der Waals surface area contributed by atoms with Crippen LogP contribution in [0.3, 0.4) is 0 Å². The molecule has 1 saturated heterocycles. The number of hydrogen-bond donors (Lipinski definition) is 0. The second kappa shape index (κ2) is 8.30. The highest BCUT2D eigenvalue weighted by Gasteiger charge is 2.26. The lowest BCUT2D eigenvalue weighted by atomic mass is 10.2. The maximum Gasteiger partial charge on any atom is 0.262 e. The molecule has 0 atom stereocenters. The Hall–Kier alpha value is -1.93. The molecule has 0 amide bonds. The number of fused-ring (bicyclic) bond motifs is 3. The first-order chi connectivity index (χ1) is 14.6. The smallest absolute Gasteiger partial charge is 0.262 e. The molecule has 1 aromatic carbocycles. The van der Waals surface area contributed by atoms with Crippen LogP contribution >= 0.6 is 22.9 Å². The second-order valence-electron chi connectivity index (χ2n) is 8.01. The third kappa shape index (κ3) is 3.64. The van der Waals surface area contributed by atoms with Gasteiger partial charge < -0.3 is 4.90 Å². The molecule has 0 spiro atoms. The minimum atomic E-state index is 0.116. The number of para-hydroxylation sites is 1. The van der Waals surface area contributed by atoms with Crippen molar-refractivity contribution in [2.75, 3.05) is 44.2 Å². The molecule has 0 radical (unpaired) electrons. The molecule has 2 aromatic heterocycles. The average molecular weight is 444 g/mol. The zero-order valence-corrected chi connectivity index (χ0v) is 18.8. The van der Waals surface area contributed by atoms with Crippen molar-refractivity contribution < 1.29 is 0 Å². The van der Waals surface area contributed by atoms with E-state index in [-0.39, 0.29) is 5.56 Å². The Morgan fingerprint density at radius 1 is 1.07 bits per heavy atom. The monoisotopic (exact) mass is 443 g/mol. The largest absolute Gasteiger partial charge is 0.368 e. The van der Waals surface area contributed by atoms with Gasteiger partial charge in [0.15, 0.2) is 0 Å². The molecule has 2 aliphatic heterocycles. The number of aromatic nitrogens is 2. The first-order valence-electron chi connectivity index (χ1n) is 10.6. The Balaban J connectivity index is 1.25. The lowest BCUT2D eigenvalue weighted by Crippen LogP contribution is -2.47. The molecule has 1 fully saturated rings. The molecular formula is C22H26ClN5OS. The van der Waals surface area contributed by atoms with Crippen molar-refractivity contribution in [1.82, 2.24) is 19.4 Å². The summed E-state index contributed by atoms with van der Waals surface area (Å²) in [5.41, 5.74) is 2.43. The zero-order chi connectivity index (χ0) is 20.7. The average Bonchev–Trinajstić information content (AvgIpc) is 3.31. The quantitative estimate of drug-likeness (QED) is 0.605. The molecule has 0 bridgehead atoms. The van der Waals surface area contributed by atoms with Crippen LogP contribution in [-0.2, 0) is 19.6 Å². The topological polar surface area (TPSA) is 44.6 Å². The highest BCUT2D eigenvalue weighted by molar-refractivity contribution is 7.18. The first-order valence-corrected chi connectivity index (χ1v) is 11.8. The van der Waals surface area contributed by atoms with Gasteiger partial charge in [-0.1, -0.05) is 30.7 Å². The highest BCUT2D eigenvalue weighted by atomic mass is 35.5. The Bertz CT molecular complexity index is 1120. The zero-order valence-electron chi connectivity index (χ0n) is 17.2. The van der Waals surface area contributed by atoms with Crippen LogP contribution in [0.5, 0.6) is 0 Å². The second-order valence-corrected chi connectivity index (χ2v) is 9.50. The summed E-state index contributed by atoms with van der Waals surface area (Å²) in [6.07, 6.45) is 1.73. The molecule has 3 aromatic rings. The summed E-state index contributed by atoms with van der Waals surface area (Å²) >= 11 is 8.03. The van der Waals surface area contributed by atoms with Crippen LogP contribution in [0.2, 0.25) is 5.02 Å². The molecule has 2 aliphatic rings. The Morgan fingerprint density at radius 3 is 2.63 bits per heavy atom. The molecular weight excluding hydrogens is 418 g/mol. The molecule has 0 saturated carbocycles. The van der Waals surface area contributed by atoms with Crippen molar-refractivity contribution >= 4 is 38.8 Å². The third-order valence-electron chi connectivity index (χ3n) is 6.28. The van der Waals surface area contributed by atoms with Crippen LogP contribution in [0.25, 0.3) is 10.2 Å². The fraction of sp³-hybridized carbons (Fsp3) is 0.455. The molecule has 8 heteroatoms. The third-order valence-corrected chi connectivity index (χ3v) is 7.72. The lowest BCUT2D eigenvalue weighted by molar-refractivity contribution is 0.247. The summed E-state index contributed by atoms with van der Waals surface area (Å²) in [5, 5.41) is 1.65. The Kier molecular flexibility index (Phi) is 5.54. The van der Waals surface area contributed by atoms with Crippen LogP contribution < -0.4 is 10.5 Å². The van der Waals surface area contributed by atoms with Crippen LogP contribution in [-0.4, -0.2) is 58.6 Å². The van der Waals surface area contributed by atoms with Crippen molar-refractivity contribution in [3.8, 4) is 0 Å². The van der Waals surface area contributed by atoms with Crippen molar-refractivity contribution in [2.24, 2.45) is 0 Å². The fourth-order valence-corrected chi connectivity index (χ4v) is 5.90. The van der Waals surface area contributed by atoms with Crippen LogP contribution in [0, 0.1) is 0 Å². The van der Waals surface area contributed by atoms with Gasteiger partial charge in [-0.15, -0.1) is 11.3 Å². The van der Waals surface area contributed by atoms with E-state index in [9.17, 15) is 4.79 Å². The predicted molar refractivity (Wildman–Crippen MR) is 124 cm³/mol. The van der Waals surface area contributed by atoms with Gasteiger partial charge in [0, 0.05) is 57.2 Å². The van der Waals surface area contributed by atoms with Crippen molar-refractivity contribution in [1.29, 1.82) is 0 Å². The molecule has 4 heterocycles. The molecule has 0 unspecified atom stereocenters. The van der Waals surface area contributed by atoms with E-state index in [1.54, 1.807) is 22.2 Å². The van der Waals surface area contributed by atoms with Crippen molar-refractivity contribution in [3.05, 3.63) is 56.4 Å². The number of hydrogen-bond acceptors (Lipinski definition) is 6. The number of thiophene rings is 1. The normalized spacial score (nSPS) is 17.7. The molecule has 0 N–H and O–H groups in total. The molecule has 5 rings (SSSR count). The SMILES string of the molecule is CCN1Cc2sc3ncn(CCN4CCN(c5ccccc5Cl)CC4)c(=O)c3c2C1. The fourth-order valence-electron chi connectivity index (χ4n) is 4.46. The van der Waals surface area contributed by atoms with Gasteiger partial charge in [0.05, 0.1) is 22.4 Å². The number of piperazine rings is 1. The van der Waals surface area contributed by atoms with Gasteiger partial charge in [-0.3, -0.25) is 19.2 Å². The number of anilines is 1. The number of benzene rings is 1. The number of nitrogens with zero attached hydrogens (tertiary/aromatic N) is 5. The summed E-state index contributed by atoms with van der Waals surface area (Å²) in [5.74, 6) is 0. The van der Waals surface area contributed by atoms with E-state index in [0.717, 1.165) is 73.3 Å². The van der Waals surface area contributed by atoms with Gasteiger partial charge in [0.1, 0.15) is 4.83 Å². The molecule has 158 valence electrons. The number of halogens is 1. The minimum absolute atomic E-state index is 0.116. The Morgan fingerprint density at radius 2 is 1.87 bits per heavy atom. The summed E-state index contributed by atoms with van der Waals surface area (Å²) < 4.78 is 1.80. The van der Waals surface area contributed by atoms with Crippen molar-refractivity contribution in [2.45, 2.75) is 26.6 Å². The van der Waals surface area contributed by atoms with Gasteiger partial charge in [-0.2, -0.15) is 0 Å². The predicted octanol–water partition coefficient (Wildman–Crippen LogP) is 3.27. The van der Waals surface area contributed by atoms with Gasteiger partial charge in [-0.05, 0) is 24.2 Å². The van der Waals surface area contributed by atoms with Crippen LogP contribution in [0.4, 0.5) is 5.69 Å². The van der Waals surface area contributed by atoms with E-state index in [1.165, 1.54) is 10.4 Å². The van der Waals surface area contributed by atoms with E-state index in [1.807, 2.05) is 18.2 Å². The molecule has 6 nitrogen and oxygen atoms in total. The van der Waals surface area contributed by atoms with E-state index in [2.05, 4.69) is 32.7 Å². The lowest BCUT2D eigenvalue weighted by Gasteiger charge is -2.36. The maximum atomic E-state index is 13.2. The highest BCUT2D eigenvalue weighted by Crippen LogP contribution is 2.34. The summed E-state index contributed by atoms with van der Waals surface area (Å²) in [7, 11) is 0. The van der Waals surface area contributed by atoms with Gasteiger partial charge in [0.2, 0.25) is 0 Å². The van der Waals surface area contributed by atoms with E-state index in [4.69, 9.17) is 11.6 Å². The maximum absolute atomic E-state index is 13.2. The molecule has 0 aliphatic carbocycles. The molecule has 30 heavy (non-hydrogen) atoms. The van der Waals surface area contributed by atoms with Crippen molar-refractivity contribution in [3.63, 3.8) is 0 Å². The van der Waals surface area contributed by atoms with Gasteiger partial charge in [0.25, 0.3) is 5.56 Å². The van der Waals surface area contributed by atoms with E-state index < -0.39 is 0 Å². The standard InChI is InChI=1S/C22H26ClN5OS/c1-2-25-13-16-19(14-25)30-21-20(16)22(29)28(15-24-21)12-9-26-7-10-27(11-8-26)18-6-4-3-5-17(18)23/h3-6,15H,2,7-14H2,1H3. The van der Waals surface area contributed by atoms with Crippen LogP contribution in [0.15, 0.2) is 35.4 Å². The Labute approximate surface area is 185 Å². The van der Waals surface area contributed by atoms with E-state index in [0.29, 0.717) is 6.54 Å². The summed E-state index contributed by atoms with van der Waals surface area (Å²) in [4.78, 5) is 27.1. The first kappa shape index (κ1) is 20.0. The van der Waals surface area contributed by atoms with Gasteiger partial charge >= 0.3 is 0 Å². The summed E-state index contributed by atoms with van der Waals surface area (Å²) in [6, 6.07) is 8.02. The summed E-state index contributed by atoms with van der Waals surface area (Å²) in [6.45, 7) is 10.4. The number of rotatable bonds is 5. The van der Waals surface area contributed by atoms with Gasteiger partial charge in [-0.25, -0.2) is 4.98 Å².